The van der Waals surface area contributed by atoms with Gasteiger partial charge in [-0.05, 0) is 25.7 Å². The molecule has 1 aromatic rings. The number of imidazole rings is 1. The van der Waals surface area contributed by atoms with Crippen molar-refractivity contribution in [3.8, 4) is 0 Å². The van der Waals surface area contributed by atoms with E-state index in [1.807, 2.05) is 0 Å². The molecule has 2 atom stereocenters. The van der Waals surface area contributed by atoms with Crippen LogP contribution in [-0.2, 0) is 13.5 Å². The van der Waals surface area contributed by atoms with Crippen LogP contribution in [0.4, 0.5) is 0 Å². The van der Waals surface area contributed by atoms with Crippen molar-refractivity contribution in [2.24, 2.45) is 12.8 Å². The largest absolute Gasteiger partial charge is 0.333 e. The number of nitrogens with zero attached hydrogens (tertiary/aromatic N) is 2. The van der Waals surface area contributed by atoms with Crippen molar-refractivity contribution >= 4 is 0 Å². The molecule has 0 spiro atoms. The highest BCUT2D eigenvalue weighted by Gasteiger charge is 2.25. The number of fused-ring (bicyclic) bond motifs is 1. The Bertz CT molecular complexity index is 354. The van der Waals surface area contributed by atoms with E-state index in [9.17, 15) is 0 Å². The second-order valence-corrected chi connectivity index (χ2v) is 4.67. The van der Waals surface area contributed by atoms with E-state index in [4.69, 9.17) is 10.7 Å². The molecule has 2 N–H and O–H groups in total. The molecule has 0 amide bonds. The second kappa shape index (κ2) is 3.97. The van der Waals surface area contributed by atoms with Crippen molar-refractivity contribution in [1.29, 1.82) is 0 Å². The summed E-state index contributed by atoms with van der Waals surface area (Å²) in [4.78, 5) is 4.75. The molecule has 3 nitrogen and oxygen atoms in total. The molecule has 1 aromatic heterocycles. The summed E-state index contributed by atoms with van der Waals surface area (Å²) in [6.45, 7) is 4.44. The summed E-state index contributed by atoms with van der Waals surface area (Å²) >= 11 is 0. The minimum absolute atomic E-state index is 0.198. The van der Waals surface area contributed by atoms with E-state index in [1.54, 1.807) is 0 Å². The smallest absolute Gasteiger partial charge is 0.111 e. The van der Waals surface area contributed by atoms with Crippen molar-refractivity contribution < 1.29 is 0 Å². The minimum Gasteiger partial charge on any atom is -0.333 e. The minimum atomic E-state index is 0.198. The van der Waals surface area contributed by atoms with E-state index < -0.39 is 0 Å². The zero-order valence-corrected chi connectivity index (χ0v) is 9.95. The van der Waals surface area contributed by atoms with Crippen LogP contribution < -0.4 is 5.73 Å². The maximum Gasteiger partial charge on any atom is 0.111 e. The van der Waals surface area contributed by atoms with Crippen LogP contribution in [0.2, 0.25) is 0 Å². The van der Waals surface area contributed by atoms with Crippen molar-refractivity contribution in [3.63, 3.8) is 0 Å². The lowest BCUT2D eigenvalue weighted by Crippen LogP contribution is -2.20. The highest BCUT2D eigenvalue weighted by Crippen LogP contribution is 2.30. The molecule has 0 saturated carbocycles. The SMILES string of the molecule is CCC(C)c1nc2c(n1C)C(N)CCC2. The molecule has 0 saturated heterocycles. The summed E-state index contributed by atoms with van der Waals surface area (Å²) in [5.74, 6) is 1.74. The number of rotatable bonds is 2. The number of hydrogen-bond donors (Lipinski definition) is 1. The van der Waals surface area contributed by atoms with Crippen LogP contribution in [0.5, 0.6) is 0 Å². The van der Waals surface area contributed by atoms with Gasteiger partial charge in [0.1, 0.15) is 5.82 Å². The summed E-state index contributed by atoms with van der Waals surface area (Å²) in [5, 5.41) is 0. The fourth-order valence-electron chi connectivity index (χ4n) is 2.48. The first-order chi connectivity index (χ1) is 7.15. The van der Waals surface area contributed by atoms with Crippen LogP contribution in [0.1, 0.15) is 62.3 Å². The summed E-state index contributed by atoms with van der Waals surface area (Å²) in [5.41, 5.74) is 8.66. The van der Waals surface area contributed by atoms with Crippen molar-refractivity contribution in [3.05, 3.63) is 17.2 Å². The molecule has 3 heteroatoms. The van der Waals surface area contributed by atoms with Gasteiger partial charge in [-0.3, -0.25) is 0 Å². The lowest BCUT2D eigenvalue weighted by atomic mass is 9.97. The zero-order valence-electron chi connectivity index (χ0n) is 9.95. The summed E-state index contributed by atoms with van der Waals surface area (Å²) < 4.78 is 2.23. The predicted molar refractivity (Wildman–Crippen MR) is 61.8 cm³/mol. The predicted octanol–water partition coefficient (Wildman–Crippen LogP) is 2.27. The highest BCUT2D eigenvalue weighted by atomic mass is 15.1. The van der Waals surface area contributed by atoms with Gasteiger partial charge in [0.25, 0.3) is 0 Å². The van der Waals surface area contributed by atoms with Gasteiger partial charge in [0.05, 0.1) is 11.4 Å². The van der Waals surface area contributed by atoms with E-state index in [-0.39, 0.29) is 6.04 Å². The van der Waals surface area contributed by atoms with E-state index >= 15 is 0 Å². The summed E-state index contributed by atoms with van der Waals surface area (Å²) in [6.07, 6.45) is 4.53. The molecule has 0 fully saturated rings. The number of aromatic nitrogens is 2. The van der Waals surface area contributed by atoms with Gasteiger partial charge in [-0.15, -0.1) is 0 Å². The van der Waals surface area contributed by atoms with Crippen molar-refractivity contribution in [2.45, 2.75) is 51.5 Å². The Labute approximate surface area is 91.7 Å². The molecule has 1 heterocycles. The Kier molecular flexibility index (Phi) is 2.83. The van der Waals surface area contributed by atoms with Gasteiger partial charge in [-0.1, -0.05) is 13.8 Å². The highest BCUT2D eigenvalue weighted by molar-refractivity contribution is 5.24. The average molecular weight is 207 g/mol. The fraction of sp³-hybridized carbons (Fsp3) is 0.750. The van der Waals surface area contributed by atoms with Gasteiger partial charge < -0.3 is 10.3 Å². The van der Waals surface area contributed by atoms with E-state index in [2.05, 4.69) is 25.5 Å². The maximum absolute atomic E-state index is 6.14. The lowest BCUT2D eigenvalue weighted by Gasteiger charge is -2.19. The second-order valence-electron chi connectivity index (χ2n) is 4.67. The third kappa shape index (κ3) is 1.69. The Hall–Kier alpha value is -0.830. The quantitative estimate of drug-likeness (QED) is 0.808. The van der Waals surface area contributed by atoms with E-state index in [0.717, 1.165) is 19.3 Å². The summed E-state index contributed by atoms with van der Waals surface area (Å²) in [7, 11) is 2.11. The molecular formula is C12H21N3. The van der Waals surface area contributed by atoms with Gasteiger partial charge in [0, 0.05) is 19.0 Å². The lowest BCUT2D eigenvalue weighted by molar-refractivity contribution is 0.530. The van der Waals surface area contributed by atoms with Crippen LogP contribution in [0.3, 0.4) is 0 Å². The first-order valence-corrected chi connectivity index (χ1v) is 5.96. The normalized spacial score (nSPS) is 22.5. The Morgan fingerprint density at radius 1 is 1.60 bits per heavy atom. The zero-order chi connectivity index (χ0) is 11.0. The van der Waals surface area contributed by atoms with Gasteiger partial charge in [-0.25, -0.2) is 4.98 Å². The van der Waals surface area contributed by atoms with Gasteiger partial charge in [0.15, 0.2) is 0 Å². The van der Waals surface area contributed by atoms with Gasteiger partial charge in [0.2, 0.25) is 0 Å². The van der Waals surface area contributed by atoms with Crippen LogP contribution in [0.15, 0.2) is 0 Å². The number of aryl methyl sites for hydroxylation is 1. The molecule has 0 aliphatic heterocycles. The molecule has 2 unspecified atom stereocenters. The van der Waals surface area contributed by atoms with Gasteiger partial charge >= 0.3 is 0 Å². The molecule has 1 aliphatic rings. The fourth-order valence-corrected chi connectivity index (χ4v) is 2.48. The Balaban J connectivity index is 2.43. The Morgan fingerprint density at radius 2 is 2.33 bits per heavy atom. The summed E-state index contributed by atoms with van der Waals surface area (Å²) in [6, 6.07) is 0.198. The first kappa shape index (κ1) is 10.7. The number of hydrogen-bond acceptors (Lipinski definition) is 2. The van der Waals surface area contributed by atoms with E-state index in [0.29, 0.717) is 5.92 Å². The monoisotopic (exact) mass is 207 g/mol. The Morgan fingerprint density at radius 3 is 2.93 bits per heavy atom. The first-order valence-electron chi connectivity index (χ1n) is 5.96. The standard InChI is InChI=1S/C12H21N3/c1-4-8(2)12-14-10-7-5-6-9(13)11(10)15(12)3/h8-9H,4-7,13H2,1-3H3. The molecule has 2 rings (SSSR count). The van der Waals surface area contributed by atoms with Crippen LogP contribution >= 0.6 is 0 Å². The molecular weight excluding hydrogens is 186 g/mol. The molecule has 0 aromatic carbocycles. The van der Waals surface area contributed by atoms with E-state index in [1.165, 1.54) is 23.6 Å². The van der Waals surface area contributed by atoms with Crippen LogP contribution in [-0.4, -0.2) is 9.55 Å². The molecule has 1 aliphatic carbocycles. The van der Waals surface area contributed by atoms with Crippen LogP contribution in [0, 0.1) is 0 Å². The van der Waals surface area contributed by atoms with Gasteiger partial charge in [-0.2, -0.15) is 0 Å². The molecule has 15 heavy (non-hydrogen) atoms. The molecule has 0 bridgehead atoms. The molecule has 84 valence electrons. The topological polar surface area (TPSA) is 43.8 Å². The average Bonchev–Trinajstić information content (AvgIpc) is 2.56. The molecule has 0 radical (unpaired) electrons. The third-order valence-electron chi connectivity index (χ3n) is 3.58. The third-order valence-corrected chi connectivity index (χ3v) is 3.58. The number of nitrogens with two attached hydrogens (primary N) is 1. The van der Waals surface area contributed by atoms with Crippen molar-refractivity contribution in [2.75, 3.05) is 0 Å². The van der Waals surface area contributed by atoms with Crippen molar-refractivity contribution in [1.82, 2.24) is 9.55 Å². The maximum atomic E-state index is 6.14. The van der Waals surface area contributed by atoms with Crippen LogP contribution in [0.25, 0.3) is 0 Å².